The van der Waals surface area contributed by atoms with Gasteiger partial charge in [0.1, 0.15) is 0 Å². The molecule has 2 aromatic rings. The van der Waals surface area contributed by atoms with Crippen molar-refractivity contribution in [3.63, 3.8) is 0 Å². The molecule has 100 valence electrons. The summed E-state index contributed by atoms with van der Waals surface area (Å²) in [7, 11) is 0. The number of hydrogen-bond acceptors (Lipinski definition) is 5. The molecule has 1 aliphatic rings. The Hall–Kier alpha value is -1.95. The van der Waals surface area contributed by atoms with Crippen LogP contribution in [0.25, 0.3) is 11.4 Å². The number of hydrogen-bond donors (Lipinski definition) is 2. The van der Waals surface area contributed by atoms with Gasteiger partial charge in [-0.15, -0.1) is 5.10 Å². The summed E-state index contributed by atoms with van der Waals surface area (Å²) in [6.45, 7) is 3.09. The van der Waals surface area contributed by atoms with E-state index in [1.54, 1.807) is 12.4 Å². The Morgan fingerprint density at radius 2 is 2.16 bits per heavy atom. The maximum absolute atomic E-state index is 6.11. The summed E-state index contributed by atoms with van der Waals surface area (Å²) in [6, 6.07) is 4.29. The highest BCUT2D eigenvalue weighted by molar-refractivity contribution is 5.55. The topological polar surface area (TPSA) is 83.7 Å². The largest absolute Gasteiger partial charge is 0.335 e. The molecule has 3 rings (SSSR count). The molecule has 2 atom stereocenters. The van der Waals surface area contributed by atoms with E-state index in [4.69, 9.17) is 5.73 Å². The fraction of sp³-hybridized carbons (Fsp3) is 0.462. The monoisotopic (exact) mass is 258 g/mol. The van der Waals surface area contributed by atoms with Crippen molar-refractivity contribution in [3.05, 3.63) is 24.5 Å². The predicted octanol–water partition coefficient (Wildman–Crippen LogP) is 1.18. The van der Waals surface area contributed by atoms with Gasteiger partial charge in [-0.3, -0.25) is 10.1 Å². The number of rotatable bonds is 2. The molecule has 6 heteroatoms. The van der Waals surface area contributed by atoms with E-state index in [9.17, 15) is 0 Å². The highest BCUT2D eigenvalue weighted by Crippen LogP contribution is 2.23. The molecule has 2 unspecified atom stereocenters. The smallest absolute Gasteiger partial charge is 0.245 e. The zero-order valence-corrected chi connectivity index (χ0v) is 11.0. The van der Waals surface area contributed by atoms with Crippen molar-refractivity contribution < 1.29 is 0 Å². The summed E-state index contributed by atoms with van der Waals surface area (Å²) in [4.78, 5) is 10.7. The number of aromatic amines is 1. The second-order valence-electron chi connectivity index (χ2n) is 4.96. The van der Waals surface area contributed by atoms with Crippen molar-refractivity contribution in [2.24, 2.45) is 5.73 Å². The maximum atomic E-state index is 6.11. The lowest BCUT2D eigenvalue weighted by Gasteiger charge is -2.36. The Bertz CT molecular complexity index is 537. The molecule has 1 fully saturated rings. The molecule has 1 aliphatic heterocycles. The molecule has 3 N–H and O–H groups in total. The number of pyridine rings is 1. The van der Waals surface area contributed by atoms with Gasteiger partial charge in [-0.1, -0.05) is 0 Å². The van der Waals surface area contributed by atoms with Crippen molar-refractivity contribution in [2.75, 3.05) is 11.4 Å². The van der Waals surface area contributed by atoms with Gasteiger partial charge in [-0.05, 0) is 31.9 Å². The van der Waals surface area contributed by atoms with Crippen LogP contribution in [0.2, 0.25) is 0 Å². The van der Waals surface area contributed by atoms with Crippen LogP contribution in [0, 0.1) is 0 Å². The van der Waals surface area contributed by atoms with E-state index < -0.39 is 0 Å². The van der Waals surface area contributed by atoms with Crippen molar-refractivity contribution in [2.45, 2.75) is 31.8 Å². The molecule has 0 aromatic carbocycles. The molecule has 0 aliphatic carbocycles. The van der Waals surface area contributed by atoms with Crippen LogP contribution >= 0.6 is 0 Å². The first-order valence-electron chi connectivity index (χ1n) is 6.61. The highest BCUT2D eigenvalue weighted by atomic mass is 15.4. The van der Waals surface area contributed by atoms with Crippen LogP contribution in [0.4, 0.5) is 5.95 Å². The maximum Gasteiger partial charge on any atom is 0.245 e. The second kappa shape index (κ2) is 4.97. The summed E-state index contributed by atoms with van der Waals surface area (Å²) in [5.41, 5.74) is 7.10. The number of nitrogens with one attached hydrogen (secondary N) is 1. The van der Waals surface area contributed by atoms with E-state index in [1.165, 1.54) is 0 Å². The van der Waals surface area contributed by atoms with Gasteiger partial charge >= 0.3 is 0 Å². The molecule has 3 heterocycles. The van der Waals surface area contributed by atoms with E-state index in [-0.39, 0.29) is 12.1 Å². The highest BCUT2D eigenvalue weighted by Gasteiger charge is 2.27. The van der Waals surface area contributed by atoms with Gasteiger partial charge in [0.15, 0.2) is 5.82 Å². The Morgan fingerprint density at radius 3 is 2.95 bits per heavy atom. The Labute approximate surface area is 112 Å². The minimum absolute atomic E-state index is 0.191. The Morgan fingerprint density at radius 1 is 1.37 bits per heavy atom. The van der Waals surface area contributed by atoms with Crippen LogP contribution in [0.1, 0.15) is 19.8 Å². The molecule has 0 saturated carbocycles. The fourth-order valence-electron chi connectivity index (χ4n) is 2.48. The number of nitrogens with two attached hydrogens (primary N) is 1. The minimum atomic E-state index is 0.191. The predicted molar refractivity (Wildman–Crippen MR) is 73.6 cm³/mol. The summed E-state index contributed by atoms with van der Waals surface area (Å²) in [5.74, 6) is 1.50. The van der Waals surface area contributed by atoms with Crippen LogP contribution < -0.4 is 10.6 Å². The number of H-pyrrole nitrogens is 1. The van der Waals surface area contributed by atoms with Crippen LogP contribution in [0.5, 0.6) is 0 Å². The normalized spacial score (nSPS) is 23.6. The van der Waals surface area contributed by atoms with Crippen LogP contribution in [-0.2, 0) is 0 Å². The van der Waals surface area contributed by atoms with E-state index >= 15 is 0 Å². The van der Waals surface area contributed by atoms with Gasteiger partial charge in [0.25, 0.3) is 0 Å². The van der Waals surface area contributed by atoms with E-state index in [2.05, 4.69) is 32.0 Å². The molecule has 0 radical (unpaired) electrons. The average Bonchev–Trinajstić information content (AvgIpc) is 2.92. The third-order valence-corrected chi connectivity index (χ3v) is 3.73. The Balaban J connectivity index is 1.85. The molecular weight excluding hydrogens is 240 g/mol. The third kappa shape index (κ3) is 2.31. The summed E-state index contributed by atoms with van der Waals surface area (Å²) < 4.78 is 0. The van der Waals surface area contributed by atoms with E-state index in [1.807, 2.05) is 12.1 Å². The molecule has 1 saturated heterocycles. The number of piperidine rings is 1. The van der Waals surface area contributed by atoms with E-state index in [0.29, 0.717) is 0 Å². The van der Waals surface area contributed by atoms with Gasteiger partial charge < -0.3 is 10.6 Å². The third-order valence-electron chi connectivity index (χ3n) is 3.73. The zero-order chi connectivity index (χ0) is 13.2. The van der Waals surface area contributed by atoms with Crippen molar-refractivity contribution in [1.82, 2.24) is 20.2 Å². The lowest BCUT2D eigenvalue weighted by atomic mass is 9.99. The molecule has 0 amide bonds. The quantitative estimate of drug-likeness (QED) is 0.845. The summed E-state index contributed by atoms with van der Waals surface area (Å²) in [5, 5.41) is 7.30. The summed E-state index contributed by atoms with van der Waals surface area (Å²) in [6.07, 6.45) is 5.65. The van der Waals surface area contributed by atoms with Crippen molar-refractivity contribution >= 4 is 5.95 Å². The molecule has 2 aromatic heterocycles. The lowest BCUT2D eigenvalue weighted by molar-refractivity contribution is 0.416. The number of anilines is 1. The van der Waals surface area contributed by atoms with Gasteiger partial charge in [-0.2, -0.15) is 4.98 Å². The zero-order valence-electron chi connectivity index (χ0n) is 11.0. The minimum Gasteiger partial charge on any atom is -0.335 e. The summed E-state index contributed by atoms with van der Waals surface area (Å²) >= 11 is 0. The number of aromatic nitrogens is 4. The number of nitrogens with zero attached hydrogens (tertiary/aromatic N) is 4. The first-order valence-corrected chi connectivity index (χ1v) is 6.61. The molecule has 6 nitrogen and oxygen atoms in total. The fourth-order valence-corrected chi connectivity index (χ4v) is 2.48. The second-order valence-corrected chi connectivity index (χ2v) is 4.96. The molecule has 0 bridgehead atoms. The standard InChI is InChI=1S/C13H18N6/c1-9-11(14)3-2-8-19(9)13-16-12(17-18-13)10-4-6-15-7-5-10/h4-7,9,11H,2-3,8,14H2,1H3,(H,16,17,18). The Kier molecular flexibility index (Phi) is 3.16. The van der Waals surface area contributed by atoms with Gasteiger partial charge in [-0.25, -0.2) is 0 Å². The molecular formula is C13H18N6. The lowest BCUT2D eigenvalue weighted by Crippen LogP contribution is -2.50. The van der Waals surface area contributed by atoms with Crippen LogP contribution in [0.3, 0.4) is 0 Å². The SMILES string of the molecule is CC1C(N)CCCN1c1n[nH]c(-c2ccncc2)n1. The molecule has 19 heavy (non-hydrogen) atoms. The van der Waals surface area contributed by atoms with Gasteiger partial charge in [0, 0.05) is 36.6 Å². The molecule has 0 spiro atoms. The van der Waals surface area contributed by atoms with Crippen LogP contribution in [-0.4, -0.2) is 38.8 Å². The first kappa shape index (κ1) is 12.1. The van der Waals surface area contributed by atoms with Gasteiger partial charge in [0.2, 0.25) is 5.95 Å². The average molecular weight is 258 g/mol. The van der Waals surface area contributed by atoms with Crippen molar-refractivity contribution in [1.29, 1.82) is 0 Å². The van der Waals surface area contributed by atoms with Gasteiger partial charge in [0.05, 0.1) is 0 Å². The van der Waals surface area contributed by atoms with Crippen LogP contribution in [0.15, 0.2) is 24.5 Å². The van der Waals surface area contributed by atoms with E-state index in [0.717, 1.165) is 36.7 Å². The first-order chi connectivity index (χ1) is 9.25. The van der Waals surface area contributed by atoms with Crippen molar-refractivity contribution in [3.8, 4) is 11.4 Å².